The van der Waals surface area contributed by atoms with Gasteiger partial charge in [-0.05, 0) is 30.0 Å². The number of fused-ring (bicyclic) bond motifs is 1. The number of nitrogens with one attached hydrogen (secondary N) is 2. The molecule has 3 rings (SSSR count). The van der Waals surface area contributed by atoms with Gasteiger partial charge in [0.1, 0.15) is 0 Å². The van der Waals surface area contributed by atoms with Crippen LogP contribution in [0.1, 0.15) is 16.8 Å². The maximum absolute atomic E-state index is 12.4. The number of hydrogen-bond acceptors (Lipinski definition) is 2. The lowest BCUT2D eigenvalue weighted by Gasteiger charge is -2.16. The Morgan fingerprint density at radius 2 is 2.20 bits per heavy atom. The van der Waals surface area contributed by atoms with Gasteiger partial charge in [0.05, 0.1) is 6.04 Å². The molecule has 0 bridgehead atoms. The molecule has 2 heterocycles. The van der Waals surface area contributed by atoms with Crippen LogP contribution in [0.25, 0.3) is 10.9 Å². The van der Waals surface area contributed by atoms with Crippen LogP contribution in [0.5, 0.6) is 0 Å². The molecule has 1 fully saturated rings. The molecule has 6 heteroatoms. The molecule has 0 spiro atoms. The fraction of sp³-hybridized carbons (Fsp3) is 0.286. The Bertz CT molecular complexity index is 664. The van der Waals surface area contributed by atoms with Crippen LogP contribution in [-0.2, 0) is 0 Å². The maximum Gasteiger partial charge on any atom is 0.404 e. The van der Waals surface area contributed by atoms with Gasteiger partial charge < -0.3 is 20.3 Å². The van der Waals surface area contributed by atoms with Gasteiger partial charge in [0.15, 0.2) is 0 Å². The lowest BCUT2D eigenvalue weighted by Crippen LogP contribution is -2.37. The predicted octanol–water partition coefficient (Wildman–Crippen LogP) is 1.65. The van der Waals surface area contributed by atoms with E-state index in [1.807, 2.05) is 24.4 Å². The van der Waals surface area contributed by atoms with E-state index in [4.69, 9.17) is 5.11 Å². The summed E-state index contributed by atoms with van der Waals surface area (Å²) in [7, 11) is 0. The number of amides is 2. The predicted molar refractivity (Wildman–Crippen MR) is 73.8 cm³/mol. The van der Waals surface area contributed by atoms with Crippen LogP contribution in [0.2, 0.25) is 0 Å². The Morgan fingerprint density at radius 1 is 1.35 bits per heavy atom. The molecule has 0 saturated carbocycles. The van der Waals surface area contributed by atoms with E-state index in [2.05, 4.69) is 10.3 Å². The van der Waals surface area contributed by atoms with Crippen molar-refractivity contribution in [2.24, 2.45) is 0 Å². The van der Waals surface area contributed by atoms with E-state index in [9.17, 15) is 9.59 Å². The SMILES string of the molecule is O=C(O)NC1CCN(C(=O)c2ccc3cc[nH]c3c2)C1. The molecule has 20 heavy (non-hydrogen) atoms. The molecule has 1 unspecified atom stereocenters. The molecule has 0 aliphatic carbocycles. The van der Waals surface area contributed by atoms with Crippen molar-refractivity contribution in [1.82, 2.24) is 15.2 Å². The summed E-state index contributed by atoms with van der Waals surface area (Å²) < 4.78 is 0. The number of benzene rings is 1. The average molecular weight is 273 g/mol. The van der Waals surface area contributed by atoms with Gasteiger partial charge in [-0.15, -0.1) is 0 Å². The summed E-state index contributed by atoms with van der Waals surface area (Å²) in [6.07, 6.45) is 1.45. The first-order valence-corrected chi connectivity index (χ1v) is 6.49. The first kappa shape index (κ1) is 12.5. The minimum Gasteiger partial charge on any atom is -0.465 e. The van der Waals surface area contributed by atoms with Crippen molar-refractivity contribution in [3.63, 3.8) is 0 Å². The van der Waals surface area contributed by atoms with Crippen LogP contribution in [0.3, 0.4) is 0 Å². The quantitative estimate of drug-likeness (QED) is 0.777. The molecule has 2 amide bonds. The Balaban J connectivity index is 1.74. The van der Waals surface area contributed by atoms with Crippen molar-refractivity contribution < 1.29 is 14.7 Å². The molecular weight excluding hydrogens is 258 g/mol. The zero-order valence-electron chi connectivity index (χ0n) is 10.8. The number of rotatable bonds is 2. The highest BCUT2D eigenvalue weighted by Crippen LogP contribution is 2.18. The third-order valence-electron chi connectivity index (χ3n) is 3.61. The number of carbonyl (C=O) groups is 2. The van der Waals surface area contributed by atoms with E-state index in [1.54, 1.807) is 11.0 Å². The molecule has 3 N–H and O–H groups in total. The Labute approximate surface area is 115 Å². The van der Waals surface area contributed by atoms with Gasteiger partial charge in [-0.1, -0.05) is 6.07 Å². The number of carbonyl (C=O) groups excluding carboxylic acids is 1. The largest absolute Gasteiger partial charge is 0.465 e. The molecule has 1 aliphatic rings. The van der Waals surface area contributed by atoms with Crippen LogP contribution in [-0.4, -0.2) is 46.1 Å². The summed E-state index contributed by atoms with van der Waals surface area (Å²) in [5.41, 5.74) is 1.55. The van der Waals surface area contributed by atoms with Crippen molar-refractivity contribution in [2.45, 2.75) is 12.5 Å². The van der Waals surface area contributed by atoms with Crippen LogP contribution < -0.4 is 5.32 Å². The summed E-state index contributed by atoms with van der Waals surface area (Å²) >= 11 is 0. The number of aromatic nitrogens is 1. The summed E-state index contributed by atoms with van der Waals surface area (Å²) in [5, 5.41) is 12.2. The molecule has 1 aromatic heterocycles. The molecular formula is C14H15N3O3. The van der Waals surface area contributed by atoms with Crippen LogP contribution in [0, 0.1) is 0 Å². The monoisotopic (exact) mass is 273 g/mol. The third kappa shape index (κ3) is 2.32. The minimum absolute atomic E-state index is 0.0591. The number of likely N-dealkylation sites (tertiary alicyclic amines) is 1. The summed E-state index contributed by atoms with van der Waals surface area (Å²) in [6, 6.07) is 7.31. The van der Waals surface area contributed by atoms with E-state index in [1.165, 1.54) is 0 Å². The highest BCUT2D eigenvalue weighted by atomic mass is 16.4. The smallest absolute Gasteiger partial charge is 0.404 e. The number of aromatic amines is 1. The second-order valence-electron chi connectivity index (χ2n) is 4.97. The van der Waals surface area contributed by atoms with Crippen LogP contribution >= 0.6 is 0 Å². The van der Waals surface area contributed by atoms with Crippen molar-refractivity contribution >= 4 is 22.9 Å². The number of nitrogens with zero attached hydrogens (tertiary/aromatic N) is 1. The molecule has 0 radical (unpaired) electrons. The van der Waals surface area contributed by atoms with Crippen molar-refractivity contribution in [2.75, 3.05) is 13.1 Å². The van der Waals surface area contributed by atoms with Gasteiger partial charge in [0, 0.05) is 30.4 Å². The molecule has 1 aliphatic heterocycles. The van der Waals surface area contributed by atoms with Gasteiger partial charge in [0.25, 0.3) is 5.91 Å². The standard InChI is InChI=1S/C14H15N3O3/c18-13(17-6-4-11(8-17)16-14(19)20)10-2-1-9-3-5-15-12(9)7-10/h1-3,5,7,11,15-16H,4,6,8H2,(H,19,20). The van der Waals surface area contributed by atoms with Crippen LogP contribution in [0.4, 0.5) is 4.79 Å². The average Bonchev–Trinajstić information content (AvgIpc) is 3.04. The summed E-state index contributed by atoms with van der Waals surface area (Å²) in [6.45, 7) is 1.00. The topological polar surface area (TPSA) is 85.4 Å². The third-order valence-corrected chi connectivity index (χ3v) is 3.61. The van der Waals surface area contributed by atoms with E-state index in [-0.39, 0.29) is 11.9 Å². The highest BCUT2D eigenvalue weighted by Gasteiger charge is 2.27. The van der Waals surface area contributed by atoms with Gasteiger partial charge in [-0.2, -0.15) is 0 Å². The Kier molecular flexibility index (Phi) is 3.06. The highest BCUT2D eigenvalue weighted by molar-refractivity contribution is 5.98. The van der Waals surface area contributed by atoms with Crippen LogP contribution in [0.15, 0.2) is 30.5 Å². The molecule has 1 saturated heterocycles. The molecule has 104 valence electrons. The van der Waals surface area contributed by atoms with E-state index < -0.39 is 6.09 Å². The van der Waals surface area contributed by atoms with E-state index in [0.29, 0.717) is 25.1 Å². The zero-order chi connectivity index (χ0) is 14.1. The first-order valence-electron chi connectivity index (χ1n) is 6.49. The fourth-order valence-corrected chi connectivity index (χ4v) is 2.60. The zero-order valence-corrected chi connectivity index (χ0v) is 10.8. The number of carboxylic acid groups (broad SMARTS) is 1. The molecule has 6 nitrogen and oxygen atoms in total. The van der Waals surface area contributed by atoms with Gasteiger partial charge >= 0.3 is 6.09 Å². The van der Waals surface area contributed by atoms with Crippen molar-refractivity contribution in [1.29, 1.82) is 0 Å². The normalized spacial score (nSPS) is 18.4. The first-order chi connectivity index (χ1) is 9.63. The Hall–Kier alpha value is -2.50. The van der Waals surface area contributed by atoms with E-state index in [0.717, 1.165) is 10.9 Å². The lowest BCUT2D eigenvalue weighted by molar-refractivity contribution is 0.0788. The summed E-state index contributed by atoms with van der Waals surface area (Å²) in [4.78, 5) is 27.7. The van der Waals surface area contributed by atoms with Gasteiger partial charge in [0.2, 0.25) is 0 Å². The molecule has 1 aromatic carbocycles. The van der Waals surface area contributed by atoms with Crippen molar-refractivity contribution in [3.8, 4) is 0 Å². The van der Waals surface area contributed by atoms with E-state index >= 15 is 0 Å². The lowest BCUT2D eigenvalue weighted by atomic mass is 10.1. The summed E-state index contributed by atoms with van der Waals surface area (Å²) in [5.74, 6) is -0.0591. The maximum atomic E-state index is 12.4. The Morgan fingerprint density at radius 3 is 3.00 bits per heavy atom. The molecule has 2 aromatic rings. The second kappa shape index (κ2) is 4.88. The second-order valence-corrected chi connectivity index (χ2v) is 4.97. The number of hydrogen-bond donors (Lipinski definition) is 3. The fourth-order valence-electron chi connectivity index (χ4n) is 2.60. The van der Waals surface area contributed by atoms with Gasteiger partial charge in [-0.3, -0.25) is 4.79 Å². The van der Waals surface area contributed by atoms with Gasteiger partial charge in [-0.25, -0.2) is 4.79 Å². The number of H-pyrrole nitrogens is 1. The minimum atomic E-state index is -1.04. The molecule has 1 atom stereocenters. The van der Waals surface area contributed by atoms with Crippen molar-refractivity contribution in [3.05, 3.63) is 36.0 Å².